The van der Waals surface area contributed by atoms with Gasteiger partial charge in [-0.15, -0.1) is 0 Å². The fourth-order valence-electron chi connectivity index (χ4n) is 9.77. The van der Waals surface area contributed by atoms with Crippen molar-refractivity contribution in [1.29, 1.82) is 0 Å². The minimum atomic E-state index is 0.581. The molecule has 13 rings (SSSR count). The van der Waals surface area contributed by atoms with Crippen molar-refractivity contribution in [3.63, 3.8) is 0 Å². The molecular weight excluding hydrogens is 771 g/mol. The van der Waals surface area contributed by atoms with Crippen molar-refractivity contribution in [1.82, 2.24) is 24.1 Å². The molecule has 4 heterocycles. The molecule has 0 radical (unpaired) electrons. The summed E-state index contributed by atoms with van der Waals surface area (Å²) < 4.78 is 11.5. The highest BCUT2D eigenvalue weighted by molar-refractivity contribution is 6.24. The number of aromatic nitrogens is 5. The Morgan fingerprint density at radius 2 is 0.984 bits per heavy atom. The lowest BCUT2D eigenvalue weighted by Crippen LogP contribution is -2.01. The van der Waals surface area contributed by atoms with Crippen LogP contribution in [0.15, 0.2) is 205 Å². The van der Waals surface area contributed by atoms with E-state index in [1.54, 1.807) is 0 Å². The summed E-state index contributed by atoms with van der Waals surface area (Å²) in [5, 5.41) is 6.98. The molecule has 0 saturated carbocycles. The van der Waals surface area contributed by atoms with Crippen LogP contribution in [0.5, 0.6) is 0 Å². The number of allylic oxidation sites excluding steroid dienone is 4. The molecule has 6 heteroatoms. The molecule has 1 aliphatic carbocycles. The van der Waals surface area contributed by atoms with Crippen LogP contribution < -0.4 is 0 Å². The fraction of sp³-hybridized carbons (Fsp3) is 0.0351. The minimum absolute atomic E-state index is 0.581. The zero-order valence-electron chi connectivity index (χ0n) is 34.1. The average molecular weight is 808 g/mol. The quantitative estimate of drug-likeness (QED) is 0.168. The molecule has 0 atom stereocenters. The number of nitrogens with zero attached hydrogens (tertiary/aromatic N) is 5. The second kappa shape index (κ2) is 14.1. The summed E-state index contributed by atoms with van der Waals surface area (Å²) in [7, 11) is 0. The molecule has 4 aromatic heterocycles. The van der Waals surface area contributed by atoms with Gasteiger partial charge in [0, 0.05) is 65.9 Å². The van der Waals surface area contributed by atoms with Gasteiger partial charge in [-0.3, -0.25) is 0 Å². The van der Waals surface area contributed by atoms with E-state index in [-0.39, 0.29) is 0 Å². The van der Waals surface area contributed by atoms with Gasteiger partial charge in [-0.05, 0) is 66.9 Å². The van der Waals surface area contributed by atoms with Gasteiger partial charge in [0.25, 0.3) is 0 Å². The summed E-state index contributed by atoms with van der Waals surface area (Å²) in [6.45, 7) is 0. The summed E-state index contributed by atoms with van der Waals surface area (Å²) in [5.41, 5.74) is 13.6. The van der Waals surface area contributed by atoms with Crippen molar-refractivity contribution in [2.75, 3.05) is 0 Å². The monoisotopic (exact) mass is 807 g/mol. The summed E-state index contributed by atoms with van der Waals surface area (Å²) >= 11 is 0. The number of fused-ring (bicyclic) bond motifs is 10. The molecule has 63 heavy (non-hydrogen) atoms. The SMILES string of the molecule is C1=CCCC(c2cccc3c2oc2cc(-c4nc(-c5ccccc5)nc(-c5cccc(-n6c7ccccc7c7ccc8c9ccccc9n(-c9ccccc9)c8c76)c5)n4)ccc23)=C1. The van der Waals surface area contributed by atoms with E-state index in [4.69, 9.17) is 19.4 Å². The molecule has 0 fully saturated rings. The zero-order chi connectivity index (χ0) is 41.4. The molecular formula is C57H37N5O. The highest BCUT2D eigenvalue weighted by atomic mass is 16.3. The smallest absolute Gasteiger partial charge is 0.164 e. The number of para-hydroxylation sites is 4. The minimum Gasteiger partial charge on any atom is -0.455 e. The third-order valence-electron chi connectivity index (χ3n) is 12.6. The Morgan fingerprint density at radius 3 is 1.68 bits per heavy atom. The van der Waals surface area contributed by atoms with E-state index in [1.165, 1.54) is 32.6 Å². The average Bonchev–Trinajstić information content (AvgIpc) is 4.02. The summed E-state index contributed by atoms with van der Waals surface area (Å²) in [5.74, 6) is 1.78. The van der Waals surface area contributed by atoms with Crippen LogP contribution in [-0.2, 0) is 0 Å². The van der Waals surface area contributed by atoms with Crippen molar-refractivity contribution in [3.05, 3.63) is 206 Å². The third kappa shape index (κ3) is 5.62. The van der Waals surface area contributed by atoms with E-state index in [1.807, 2.05) is 30.3 Å². The van der Waals surface area contributed by atoms with Crippen LogP contribution in [0.25, 0.3) is 117 Å². The number of hydrogen-bond acceptors (Lipinski definition) is 4. The maximum atomic E-state index is 6.70. The topological polar surface area (TPSA) is 61.7 Å². The molecule has 0 spiro atoms. The Bertz CT molecular complexity index is 3850. The number of rotatable bonds is 6. The highest BCUT2D eigenvalue weighted by Crippen LogP contribution is 2.43. The number of benzene rings is 8. The van der Waals surface area contributed by atoms with Gasteiger partial charge >= 0.3 is 0 Å². The van der Waals surface area contributed by atoms with Gasteiger partial charge in [0.15, 0.2) is 17.5 Å². The van der Waals surface area contributed by atoms with Gasteiger partial charge in [-0.2, -0.15) is 0 Å². The zero-order valence-corrected chi connectivity index (χ0v) is 34.1. The molecule has 0 saturated heterocycles. The van der Waals surface area contributed by atoms with E-state index in [0.29, 0.717) is 17.5 Å². The van der Waals surface area contributed by atoms with Crippen LogP contribution in [0, 0.1) is 0 Å². The summed E-state index contributed by atoms with van der Waals surface area (Å²) in [6, 6.07) is 64.2. The second-order valence-electron chi connectivity index (χ2n) is 16.3. The molecule has 0 aliphatic heterocycles. The first kappa shape index (κ1) is 35.4. The van der Waals surface area contributed by atoms with Crippen LogP contribution in [0.4, 0.5) is 0 Å². The molecule has 0 amide bonds. The normalized spacial score (nSPS) is 13.0. The fourth-order valence-corrected chi connectivity index (χ4v) is 9.77. The van der Waals surface area contributed by atoms with E-state index < -0.39 is 0 Å². The maximum absolute atomic E-state index is 6.70. The predicted octanol–water partition coefficient (Wildman–Crippen LogP) is 14.7. The first-order chi connectivity index (χ1) is 31.2. The van der Waals surface area contributed by atoms with Crippen LogP contribution in [0.1, 0.15) is 18.4 Å². The van der Waals surface area contributed by atoms with Gasteiger partial charge in [-0.1, -0.05) is 152 Å². The largest absolute Gasteiger partial charge is 0.455 e. The first-order valence-corrected chi connectivity index (χ1v) is 21.5. The Kier molecular flexibility index (Phi) is 7.93. The van der Waals surface area contributed by atoms with Crippen molar-refractivity contribution in [2.45, 2.75) is 12.8 Å². The van der Waals surface area contributed by atoms with E-state index in [2.05, 4.69) is 179 Å². The first-order valence-electron chi connectivity index (χ1n) is 21.5. The van der Waals surface area contributed by atoms with Gasteiger partial charge in [0.05, 0.1) is 22.1 Å². The van der Waals surface area contributed by atoms with Gasteiger partial charge < -0.3 is 13.6 Å². The number of hydrogen-bond donors (Lipinski definition) is 0. The summed E-state index contributed by atoms with van der Waals surface area (Å²) in [4.78, 5) is 15.5. The van der Waals surface area contributed by atoms with Crippen LogP contribution in [0.2, 0.25) is 0 Å². The van der Waals surface area contributed by atoms with E-state index in [9.17, 15) is 0 Å². The van der Waals surface area contributed by atoms with Crippen molar-refractivity contribution < 1.29 is 4.42 Å². The molecule has 0 bridgehead atoms. The van der Waals surface area contributed by atoms with Crippen molar-refractivity contribution in [2.24, 2.45) is 0 Å². The predicted molar refractivity (Wildman–Crippen MR) is 258 cm³/mol. The molecule has 12 aromatic rings. The van der Waals surface area contributed by atoms with Gasteiger partial charge in [0.2, 0.25) is 0 Å². The Morgan fingerprint density at radius 1 is 0.429 bits per heavy atom. The third-order valence-corrected chi connectivity index (χ3v) is 12.6. The number of furan rings is 1. The van der Waals surface area contributed by atoms with E-state index in [0.717, 1.165) is 85.0 Å². The van der Waals surface area contributed by atoms with Crippen LogP contribution >= 0.6 is 0 Å². The molecule has 0 unspecified atom stereocenters. The lowest BCUT2D eigenvalue weighted by molar-refractivity contribution is 0.667. The maximum Gasteiger partial charge on any atom is 0.164 e. The van der Waals surface area contributed by atoms with Crippen molar-refractivity contribution in [3.8, 4) is 45.5 Å². The second-order valence-corrected chi connectivity index (χ2v) is 16.3. The molecule has 1 aliphatic rings. The van der Waals surface area contributed by atoms with Gasteiger partial charge in [0.1, 0.15) is 11.2 Å². The van der Waals surface area contributed by atoms with Gasteiger partial charge in [-0.25, -0.2) is 15.0 Å². The Balaban J connectivity index is 1.02. The van der Waals surface area contributed by atoms with Crippen molar-refractivity contribution >= 4 is 71.1 Å². The molecule has 6 nitrogen and oxygen atoms in total. The molecule has 8 aromatic carbocycles. The Hall–Kier alpha value is -8.35. The van der Waals surface area contributed by atoms with Crippen LogP contribution in [0.3, 0.4) is 0 Å². The van der Waals surface area contributed by atoms with Crippen LogP contribution in [-0.4, -0.2) is 24.1 Å². The Labute approximate surface area is 362 Å². The lowest BCUT2D eigenvalue weighted by atomic mass is 9.96. The summed E-state index contributed by atoms with van der Waals surface area (Å²) in [6.07, 6.45) is 8.59. The van der Waals surface area contributed by atoms with E-state index >= 15 is 0 Å². The highest BCUT2D eigenvalue weighted by Gasteiger charge is 2.22. The molecule has 296 valence electrons. The molecule has 0 N–H and O–H groups in total. The standard InChI is InChI=1S/C57H37N5O/c1-4-16-36(17-5-1)42-26-15-27-48-45-31-30-39(35-51(45)63-54(42)48)57-59-55(37-18-6-2-7-19-37)58-56(60-57)38-20-14-23-41(34-38)62-50-29-13-11-25-44(50)47-33-32-46-43-24-10-12-28-49(43)61(52(46)53(47)62)40-21-8-3-9-22-40/h1-4,6-16,18-35H,5,17H2. The lowest BCUT2D eigenvalue weighted by Gasteiger charge is -2.14.